The second kappa shape index (κ2) is 3.54. The molecule has 2 unspecified atom stereocenters. The highest BCUT2D eigenvalue weighted by Gasteiger charge is 2.45. The van der Waals surface area contributed by atoms with Crippen molar-refractivity contribution in [2.24, 2.45) is 17.1 Å². The minimum absolute atomic E-state index is 0.00859. The number of ether oxygens (including phenoxy) is 1. The molecule has 0 spiro atoms. The summed E-state index contributed by atoms with van der Waals surface area (Å²) in [7, 11) is 1.74. The van der Waals surface area contributed by atoms with Gasteiger partial charge in [-0.05, 0) is 31.6 Å². The number of primary amides is 1. The van der Waals surface area contributed by atoms with Gasteiger partial charge in [-0.3, -0.25) is 4.79 Å². The Morgan fingerprint density at radius 3 is 2.36 bits per heavy atom. The number of amides is 1. The number of carbonyl (C=O) groups excluding carboxylic acids is 1. The molecule has 82 valence electrons. The normalized spacial score (nSPS) is 36.7. The van der Waals surface area contributed by atoms with E-state index in [4.69, 9.17) is 10.5 Å². The van der Waals surface area contributed by atoms with E-state index in [2.05, 4.69) is 20.8 Å². The van der Waals surface area contributed by atoms with E-state index >= 15 is 0 Å². The van der Waals surface area contributed by atoms with Gasteiger partial charge in [-0.25, -0.2) is 0 Å². The van der Waals surface area contributed by atoms with Crippen molar-refractivity contribution in [3.05, 3.63) is 0 Å². The number of hydrogen-bond donors (Lipinski definition) is 1. The summed E-state index contributed by atoms with van der Waals surface area (Å²) in [6.45, 7) is 6.30. The van der Waals surface area contributed by atoms with Crippen molar-refractivity contribution in [2.75, 3.05) is 7.11 Å². The predicted octanol–water partition coefficient (Wildman–Crippen LogP) is 1.70. The van der Waals surface area contributed by atoms with Gasteiger partial charge in [-0.15, -0.1) is 0 Å². The van der Waals surface area contributed by atoms with Gasteiger partial charge in [0.15, 0.2) is 0 Å². The van der Waals surface area contributed by atoms with Gasteiger partial charge in [0.1, 0.15) is 0 Å². The molecule has 0 aliphatic heterocycles. The average Bonchev–Trinajstić information content (AvgIpc) is 2.01. The Bertz CT molecular complexity index is 237. The van der Waals surface area contributed by atoms with Crippen LogP contribution in [0.3, 0.4) is 0 Å². The van der Waals surface area contributed by atoms with Crippen molar-refractivity contribution in [3.8, 4) is 0 Å². The van der Waals surface area contributed by atoms with Crippen molar-refractivity contribution in [3.63, 3.8) is 0 Å². The minimum atomic E-state index is -0.173. The zero-order chi connectivity index (χ0) is 11.0. The summed E-state index contributed by atoms with van der Waals surface area (Å²) in [4.78, 5) is 11.3. The minimum Gasteiger partial charge on any atom is -0.379 e. The Morgan fingerprint density at radius 1 is 1.43 bits per heavy atom. The molecule has 3 nitrogen and oxygen atoms in total. The summed E-state index contributed by atoms with van der Waals surface area (Å²) >= 11 is 0. The molecule has 1 amide bonds. The first-order valence-corrected chi connectivity index (χ1v) is 5.15. The molecule has 2 atom stereocenters. The third-order valence-corrected chi connectivity index (χ3v) is 3.57. The summed E-state index contributed by atoms with van der Waals surface area (Å²) in [6, 6.07) is 0. The van der Waals surface area contributed by atoms with Crippen LogP contribution in [0.2, 0.25) is 0 Å². The van der Waals surface area contributed by atoms with Crippen LogP contribution in [-0.4, -0.2) is 18.6 Å². The molecule has 1 saturated carbocycles. The van der Waals surface area contributed by atoms with Crippen LogP contribution in [0, 0.1) is 11.3 Å². The van der Waals surface area contributed by atoms with Crippen LogP contribution in [-0.2, 0) is 9.53 Å². The smallest absolute Gasteiger partial charge is 0.221 e. The molecule has 0 heterocycles. The van der Waals surface area contributed by atoms with Gasteiger partial charge in [-0.1, -0.05) is 13.8 Å². The van der Waals surface area contributed by atoms with Gasteiger partial charge in [0.2, 0.25) is 5.91 Å². The Balaban J connectivity index is 2.80. The molecule has 2 N–H and O–H groups in total. The lowest BCUT2D eigenvalue weighted by molar-refractivity contribution is -0.134. The second-order valence-corrected chi connectivity index (χ2v) is 5.31. The van der Waals surface area contributed by atoms with E-state index in [1.54, 1.807) is 7.11 Å². The van der Waals surface area contributed by atoms with E-state index in [1.165, 1.54) is 0 Å². The molecule has 0 bridgehead atoms. The molecular formula is C11H21NO2. The molecule has 0 radical (unpaired) electrons. The van der Waals surface area contributed by atoms with Crippen molar-refractivity contribution in [1.82, 2.24) is 0 Å². The van der Waals surface area contributed by atoms with Crippen LogP contribution in [0.15, 0.2) is 0 Å². The van der Waals surface area contributed by atoms with Gasteiger partial charge in [0.05, 0.1) is 5.60 Å². The first-order chi connectivity index (χ1) is 6.31. The summed E-state index contributed by atoms with van der Waals surface area (Å²) < 4.78 is 5.49. The van der Waals surface area contributed by atoms with Gasteiger partial charge in [0.25, 0.3) is 0 Å². The molecule has 1 fully saturated rings. The molecule has 0 aromatic heterocycles. The molecule has 14 heavy (non-hydrogen) atoms. The first kappa shape index (κ1) is 11.5. The van der Waals surface area contributed by atoms with Crippen LogP contribution in [0.1, 0.15) is 40.0 Å². The maximum atomic E-state index is 11.3. The monoisotopic (exact) mass is 199 g/mol. The average molecular weight is 199 g/mol. The molecule has 3 heteroatoms. The highest BCUT2D eigenvalue weighted by Crippen LogP contribution is 2.46. The molecule has 1 rings (SSSR count). The summed E-state index contributed by atoms with van der Waals surface area (Å²) in [5.41, 5.74) is 5.26. The zero-order valence-corrected chi connectivity index (χ0v) is 9.59. The third kappa shape index (κ3) is 2.08. The fourth-order valence-electron chi connectivity index (χ4n) is 2.72. The van der Waals surface area contributed by atoms with Crippen molar-refractivity contribution >= 4 is 5.91 Å². The van der Waals surface area contributed by atoms with Crippen molar-refractivity contribution in [1.29, 1.82) is 0 Å². The molecular weight excluding hydrogens is 178 g/mol. The highest BCUT2D eigenvalue weighted by atomic mass is 16.5. The third-order valence-electron chi connectivity index (χ3n) is 3.57. The highest BCUT2D eigenvalue weighted by molar-refractivity contribution is 5.77. The molecule has 1 aliphatic rings. The maximum Gasteiger partial charge on any atom is 0.221 e. The Morgan fingerprint density at radius 2 is 2.00 bits per heavy atom. The van der Waals surface area contributed by atoms with E-state index in [-0.39, 0.29) is 22.8 Å². The molecule has 1 aliphatic carbocycles. The lowest BCUT2D eigenvalue weighted by Gasteiger charge is -2.45. The number of nitrogens with two attached hydrogens (primary N) is 1. The number of methoxy groups -OCH3 is 1. The van der Waals surface area contributed by atoms with Crippen LogP contribution in [0.25, 0.3) is 0 Å². The fraction of sp³-hybridized carbons (Fsp3) is 0.909. The molecule has 0 aromatic carbocycles. The second-order valence-electron chi connectivity index (χ2n) is 5.31. The van der Waals surface area contributed by atoms with Gasteiger partial charge in [0, 0.05) is 13.0 Å². The van der Waals surface area contributed by atoms with Crippen LogP contribution in [0.5, 0.6) is 0 Å². The van der Waals surface area contributed by atoms with Crippen LogP contribution < -0.4 is 5.73 Å². The topological polar surface area (TPSA) is 52.3 Å². The van der Waals surface area contributed by atoms with E-state index in [0.29, 0.717) is 0 Å². The van der Waals surface area contributed by atoms with Crippen LogP contribution in [0.4, 0.5) is 0 Å². The lowest BCUT2D eigenvalue weighted by atomic mass is 9.63. The predicted molar refractivity (Wildman–Crippen MR) is 55.7 cm³/mol. The number of carbonyl (C=O) groups is 1. The Kier molecular flexibility index (Phi) is 2.91. The molecule has 0 aromatic rings. The van der Waals surface area contributed by atoms with E-state index in [0.717, 1.165) is 19.3 Å². The maximum absolute atomic E-state index is 11.3. The Labute approximate surface area is 86.0 Å². The van der Waals surface area contributed by atoms with E-state index in [9.17, 15) is 4.79 Å². The quantitative estimate of drug-likeness (QED) is 0.736. The summed E-state index contributed by atoms with van der Waals surface area (Å²) in [5, 5.41) is 0. The van der Waals surface area contributed by atoms with E-state index in [1.807, 2.05) is 0 Å². The van der Waals surface area contributed by atoms with Crippen LogP contribution >= 0.6 is 0 Å². The first-order valence-electron chi connectivity index (χ1n) is 5.15. The van der Waals surface area contributed by atoms with Crippen molar-refractivity contribution < 1.29 is 9.53 Å². The molecule has 0 saturated heterocycles. The number of hydrogen-bond acceptors (Lipinski definition) is 2. The van der Waals surface area contributed by atoms with Gasteiger partial charge >= 0.3 is 0 Å². The lowest BCUT2D eigenvalue weighted by Crippen LogP contribution is -2.47. The summed E-state index contributed by atoms with van der Waals surface area (Å²) in [5.74, 6) is -0.182. The van der Waals surface area contributed by atoms with Gasteiger partial charge in [-0.2, -0.15) is 0 Å². The van der Waals surface area contributed by atoms with Gasteiger partial charge < -0.3 is 10.5 Å². The number of rotatable bonds is 2. The fourth-order valence-corrected chi connectivity index (χ4v) is 2.72. The summed E-state index contributed by atoms with van der Waals surface area (Å²) in [6.07, 6.45) is 2.65. The largest absolute Gasteiger partial charge is 0.379 e. The SMILES string of the molecule is COC1(C)CCC(C(N)=O)C(C)(C)C1. The van der Waals surface area contributed by atoms with Crippen molar-refractivity contribution in [2.45, 2.75) is 45.6 Å². The Hall–Kier alpha value is -0.570. The zero-order valence-electron chi connectivity index (χ0n) is 9.59. The van der Waals surface area contributed by atoms with E-state index < -0.39 is 0 Å². The standard InChI is InChI=1S/C11H21NO2/c1-10(2)7-11(3,14-4)6-5-8(10)9(12)13/h8H,5-7H2,1-4H3,(H2,12,13).